The van der Waals surface area contributed by atoms with Crippen molar-refractivity contribution in [2.75, 3.05) is 0 Å². The van der Waals surface area contributed by atoms with Gasteiger partial charge >= 0.3 is 0 Å². The standard InChI is InChI=1S/C32H16Br4N8/c33-17-9-1-5-13-21(17)29-37-25(13)41-30-22-14(6-2-10-18(22)34)27(38-30)43-32-24-16(8-4-12-20(24)36)28(40-32)44-31-23-15(26(39-31)42-29)7-3-11-19(23)35/h1-12,21,40H,(H,38,41,43)(H,37,39,42,44). The van der Waals surface area contributed by atoms with Gasteiger partial charge in [-0.3, -0.25) is 0 Å². The molecule has 5 heterocycles. The molecule has 12 heteroatoms. The minimum atomic E-state index is -0.194. The molecule has 1 atom stereocenters. The average Bonchev–Trinajstić information content (AvgIpc) is 3.74. The van der Waals surface area contributed by atoms with Gasteiger partial charge in [0, 0.05) is 55.8 Å². The number of nitrogens with zero attached hydrogens (tertiary/aromatic N) is 5. The summed E-state index contributed by atoms with van der Waals surface area (Å²) in [7, 11) is 0. The van der Waals surface area contributed by atoms with Crippen molar-refractivity contribution in [3.63, 3.8) is 0 Å². The van der Waals surface area contributed by atoms with Crippen molar-refractivity contribution in [2.24, 2.45) is 30.9 Å². The molecule has 1 unspecified atom stereocenters. The maximum absolute atomic E-state index is 5.14. The Morgan fingerprint density at radius 1 is 0.545 bits per heavy atom. The molecule has 9 rings (SSSR count). The number of allylic oxidation sites excluding steroid dienone is 3. The Labute approximate surface area is 281 Å². The van der Waals surface area contributed by atoms with E-state index in [0.29, 0.717) is 45.2 Å². The van der Waals surface area contributed by atoms with Crippen molar-refractivity contribution in [1.82, 2.24) is 15.0 Å². The van der Waals surface area contributed by atoms with Crippen molar-refractivity contribution >= 4 is 114 Å². The molecule has 0 spiro atoms. The lowest BCUT2D eigenvalue weighted by molar-refractivity contribution is 1.01. The lowest BCUT2D eigenvalue weighted by Gasteiger charge is -2.14. The van der Waals surface area contributed by atoms with Gasteiger partial charge in [0.05, 0.1) is 5.92 Å². The third kappa shape index (κ3) is 3.94. The molecule has 212 valence electrons. The van der Waals surface area contributed by atoms with Crippen molar-refractivity contribution in [3.05, 3.63) is 124 Å². The van der Waals surface area contributed by atoms with Crippen molar-refractivity contribution in [2.45, 2.75) is 0 Å². The number of hydrogen-bond donors (Lipinski definition) is 3. The summed E-state index contributed by atoms with van der Waals surface area (Å²) in [6.07, 6.45) is 6.08. The van der Waals surface area contributed by atoms with E-state index in [0.717, 1.165) is 55.8 Å². The monoisotopic (exact) mass is 828 g/mol. The smallest absolute Gasteiger partial charge is 0.160 e. The summed E-state index contributed by atoms with van der Waals surface area (Å²) in [5.74, 6) is 2.36. The second kappa shape index (κ2) is 9.90. The van der Waals surface area contributed by atoms with E-state index in [9.17, 15) is 0 Å². The van der Waals surface area contributed by atoms with Gasteiger partial charge in [-0.15, -0.1) is 0 Å². The number of benzene rings is 3. The van der Waals surface area contributed by atoms with Gasteiger partial charge in [0.2, 0.25) is 0 Å². The molecule has 3 aromatic heterocycles. The molecule has 1 aliphatic carbocycles. The Morgan fingerprint density at radius 2 is 1.14 bits per heavy atom. The van der Waals surface area contributed by atoms with Crippen LogP contribution in [0.2, 0.25) is 0 Å². The van der Waals surface area contributed by atoms with Gasteiger partial charge in [-0.1, -0.05) is 118 Å². The van der Waals surface area contributed by atoms with Gasteiger partial charge in [-0.2, -0.15) is 0 Å². The Balaban J connectivity index is 1.49. The summed E-state index contributed by atoms with van der Waals surface area (Å²) in [6, 6.07) is 18.1. The molecule has 0 saturated heterocycles. The molecule has 3 aromatic carbocycles. The van der Waals surface area contributed by atoms with Gasteiger partial charge < -0.3 is 15.0 Å². The maximum atomic E-state index is 5.14. The van der Waals surface area contributed by atoms with Crippen LogP contribution >= 0.6 is 63.7 Å². The number of aromatic nitrogens is 3. The number of aromatic amines is 3. The molecule has 6 aromatic rings. The fraction of sp³-hybridized carbons (Fsp3) is 0.0312. The first-order valence-electron chi connectivity index (χ1n) is 13.6. The number of fused-ring (bicyclic) bond motifs is 18. The lowest BCUT2D eigenvalue weighted by Crippen LogP contribution is -2.18. The van der Waals surface area contributed by atoms with Crippen LogP contribution in [0.5, 0.6) is 0 Å². The molecule has 44 heavy (non-hydrogen) atoms. The van der Waals surface area contributed by atoms with Crippen LogP contribution in [0, 0.1) is 5.92 Å². The van der Waals surface area contributed by atoms with Gasteiger partial charge in [0.1, 0.15) is 39.4 Å². The molecule has 3 aliphatic rings. The maximum Gasteiger partial charge on any atom is 0.160 e. The second-order valence-corrected chi connectivity index (χ2v) is 14.0. The molecular weight excluding hydrogens is 816 g/mol. The van der Waals surface area contributed by atoms with Crippen LogP contribution in [-0.2, 0) is 0 Å². The zero-order chi connectivity index (χ0) is 29.7. The second-order valence-electron chi connectivity index (χ2n) is 10.5. The van der Waals surface area contributed by atoms with E-state index < -0.39 is 0 Å². The van der Waals surface area contributed by atoms with Gasteiger partial charge in [-0.25, -0.2) is 25.0 Å². The fourth-order valence-electron chi connectivity index (χ4n) is 6.04. The molecular formula is C32H16Br4N8. The van der Waals surface area contributed by atoms with E-state index in [1.165, 1.54) is 0 Å². The average molecular weight is 832 g/mol. The van der Waals surface area contributed by atoms with Crippen LogP contribution in [0.25, 0.3) is 32.3 Å². The van der Waals surface area contributed by atoms with Gasteiger partial charge in [-0.05, 0) is 18.2 Å². The van der Waals surface area contributed by atoms with E-state index in [1.807, 2.05) is 72.8 Å². The number of H-pyrrole nitrogens is 3. The Hall–Kier alpha value is -3.71. The minimum absolute atomic E-state index is 0.194. The predicted octanol–water partition coefficient (Wildman–Crippen LogP) is 7.66. The number of hydrogen-bond acceptors (Lipinski definition) is 5. The summed E-state index contributed by atoms with van der Waals surface area (Å²) in [5, 5.41) is 5.54. The van der Waals surface area contributed by atoms with Gasteiger partial charge in [0.15, 0.2) is 5.82 Å². The van der Waals surface area contributed by atoms with Crippen LogP contribution in [-0.4, -0.2) is 20.8 Å². The van der Waals surface area contributed by atoms with Crippen LogP contribution in [0.15, 0.2) is 127 Å². The third-order valence-electron chi connectivity index (χ3n) is 7.97. The van der Waals surface area contributed by atoms with Crippen molar-refractivity contribution < 1.29 is 0 Å². The quantitative estimate of drug-likeness (QED) is 0.140. The zero-order valence-electron chi connectivity index (χ0n) is 22.3. The number of aliphatic imine (C=N–C) groups is 1. The topological polar surface area (TPSA) is 109 Å². The summed E-state index contributed by atoms with van der Waals surface area (Å²) in [6.45, 7) is 0. The minimum Gasteiger partial charge on any atom is -0.324 e. The van der Waals surface area contributed by atoms with E-state index >= 15 is 0 Å². The van der Waals surface area contributed by atoms with Gasteiger partial charge in [0.25, 0.3) is 0 Å². The Morgan fingerprint density at radius 3 is 1.84 bits per heavy atom. The van der Waals surface area contributed by atoms with Crippen LogP contribution in [0.3, 0.4) is 0 Å². The summed E-state index contributed by atoms with van der Waals surface area (Å²) >= 11 is 15.1. The normalized spacial score (nSPS) is 18.0. The summed E-state index contributed by atoms with van der Waals surface area (Å²) in [5.41, 5.74) is 3.61. The molecule has 2 aliphatic heterocycles. The molecule has 0 saturated carbocycles. The van der Waals surface area contributed by atoms with E-state index in [1.54, 1.807) is 0 Å². The first-order chi connectivity index (χ1) is 21.4. The molecule has 0 radical (unpaired) electrons. The summed E-state index contributed by atoms with van der Waals surface area (Å²) < 4.78 is 3.69. The van der Waals surface area contributed by atoms with Crippen LogP contribution in [0.4, 0.5) is 11.6 Å². The fourth-order valence-corrected chi connectivity index (χ4v) is 8.31. The molecule has 3 N–H and O–H groups in total. The number of halogens is 4. The zero-order valence-corrected chi connectivity index (χ0v) is 28.6. The SMILES string of the molecule is BrC1=CC=CC2=C3N=C(N=c4[nH]/c(c5c(Br)cccc45)=N\c4[nH]c(c5c(Br)cccc45)N=c4[nH]c(c5c(Br)cccc45)=N3)C12. The number of amidine groups is 1. The van der Waals surface area contributed by atoms with E-state index in [-0.39, 0.29) is 5.92 Å². The lowest BCUT2D eigenvalue weighted by atomic mass is 9.95. The predicted molar refractivity (Wildman–Crippen MR) is 186 cm³/mol. The molecule has 0 amide bonds. The highest BCUT2D eigenvalue weighted by atomic mass is 79.9. The number of nitrogens with one attached hydrogen (secondary N) is 3. The van der Waals surface area contributed by atoms with E-state index in [2.05, 4.69) is 78.7 Å². The molecule has 8 bridgehead atoms. The van der Waals surface area contributed by atoms with Crippen molar-refractivity contribution in [1.29, 1.82) is 0 Å². The Bertz CT molecular complexity index is 2670. The van der Waals surface area contributed by atoms with E-state index in [4.69, 9.17) is 25.0 Å². The van der Waals surface area contributed by atoms with Crippen LogP contribution in [0.1, 0.15) is 0 Å². The third-order valence-corrected chi connectivity index (χ3v) is 10.7. The highest BCUT2D eigenvalue weighted by molar-refractivity contribution is 9.12. The largest absolute Gasteiger partial charge is 0.324 e. The van der Waals surface area contributed by atoms with Crippen molar-refractivity contribution in [3.8, 4) is 0 Å². The first kappa shape index (κ1) is 26.7. The highest BCUT2D eigenvalue weighted by Crippen LogP contribution is 2.40. The number of rotatable bonds is 0. The molecule has 8 nitrogen and oxygen atoms in total. The highest BCUT2D eigenvalue weighted by Gasteiger charge is 2.32. The van der Waals surface area contributed by atoms with Crippen LogP contribution < -0.4 is 22.0 Å². The first-order valence-corrected chi connectivity index (χ1v) is 16.8. The summed E-state index contributed by atoms with van der Waals surface area (Å²) in [4.78, 5) is 36.0. The molecule has 0 fully saturated rings. The Kier molecular flexibility index (Phi) is 6.00.